The van der Waals surface area contributed by atoms with Gasteiger partial charge in [0.1, 0.15) is 5.76 Å². The minimum Gasteiger partial charge on any atom is -0.512 e. The van der Waals surface area contributed by atoms with E-state index in [0.29, 0.717) is 0 Å². The van der Waals surface area contributed by atoms with Gasteiger partial charge in [-0.3, -0.25) is 4.79 Å². The van der Waals surface area contributed by atoms with Gasteiger partial charge < -0.3 is 9.63 Å². The molecule has 0 bridgehead atoms. The van der Waals surface area contributed by atoms with Crippen molar-refractivity contribution in [3.63, 3.8) is 0 Å². The van der Waals surface area contributed by atoms with Gasteiger partial charge in [0.15, 0.2) is 11.4 Å². The van der Waals surface area contributed by atoms with E-state index in [0.717, 1.165) is 27.6 Å². The van der Waals surface area contributed by atoms with E-state index in [4.69, 9.17) is 4.52 Å². The molecule has 0 unspecified atom stereocenters. The van der Waals surface area contributed by atoms with Crippen LogP contribution in [-0.2, 0) is 24.9 Å². The van der Waals surface area contributed by atoms with Crippen LogP contribution in [0.1, 0.15) is 41.5 Å². The van der Waals surface area contributed by atoms with Crippen LogP contribution in [0.25, 0.3) is 43.8 Å². The Morgan fingerprint density at radius 2 is 1.43 bits per heavy atom. The van der Waals surface area contributed by atoms with Crippen LogP contribution in [0.15, 0.2) is 89.2 Å². The van der Waals surface area contributed by atoms with Crippen LogP contribution in [0.2, 0.25) is 0 Å². The van der Waals surface area contributed by atoms with Crippen molar-refractivity contribution in [2.45, 2.75) is 41.5 Å². The Bertz CT molecular complexity index is 1570. The van der Waals surface area contributed by atoms with Crippen LogP contribution in [0.3, 0.4) is 0 Å². The zero-order valence-corrected chi connectivity index (χ0v) is 24.4. The topological polar surface area (TPSA) is 63.3 Å². The van der Waals surface area contributed by atoms with Crippen molar-refractivity contribution in [2.24, 2.45) is 10.8 Å². The summed E-state index contributed by atoms with van der Waals surface area (Å²) in [4.78, 5) is 11.5. The summed E-state index contributed by atoms with van der Waals surface area (Å²) in [6.45, 7) is 11.1. The van der Waals surface area contributed by atoms with Gasteiger partial charge in [0.05, 0.1) is 0 Å². The molecule has 5 heteroatoms. The van der Waals surface area contributed by atoms with Gasteiger partial charge >= 0.3 is 0 Å². The average molecular weight is 671 g/mol. The fourth-order valence-electron chi connectivity index (χ4n) is 3.67. The summed E-state index contributed by atoms with van der Waals surface area (Å²) in [6.07, 6.45) is 1.33. The number of benzene rings is 4. The molecule has 1 aromatic heterocycles. The van der Waals surface area contributed by atoms with E-state index in [1.165, 1.54) is 22.2 Å². The molecular weight excluding hydrogens is 639 g/mol. The Morgan fingerprint density at radius 1 is 0.838 bits per heavy atom. The van der Waals surface area contributed by atoms with E-state index in [2.05, 4.69) is 59.8 Å². The molecule has 0 saturated carbocycles. The molecule has 4 aromatic carbocycles. The number of hydrogen-bond donors (Lipinski definition) is 1. The van der Waals surface area contributed by atoms with Gasteiger partial charge in [0.2, 0.25) is 0 Å². The molecule has 0 aliphatic rings. The smallest absolute Gasteiger partial charge is 0.164 e. The second-order valence-electron chi connectivity index (χ2n) is 11.1. The van der Waals surface area contributed by atoms with Crippen molar-refractivity contribution in [2.75, 3.05) is 0 Å². The number of carbonyl (C=O) groups excluding carboxylic acids is 1. The van der Waals surface area contributed by atoms with Crippen LogP contribution in [0.5, 0.6) is 0 Å². The molecule has 4 nitrogen and oxygen atoms in total. The number of aliphatic hydroxyl groups excluding tert-OH is 1. The Balaban J connectivity index is 0.000000237. The molecule has 1 radical (unpaired) electrons. The summed E-state index contributed by atoms with van der Waals surface area (Å²) in [5.41, 5.74) is 1.84. The summed E-state index contributed by atoms with van der Waals surface area (Å²) >= 11 is 0. The second-order valence-corrected chi connectivity index (χ2v) is 11.1. The third-order valence-corrected chi connectivity index (χ3v) is 6.03. The summed E-state index contributed by atoms with van der Waals surface area (Å²) in [5, 5.41) is 19.7. The van der Waals surface area contributed by atoms with Gasteiger partial charge in [-0.25, -0.2) is 0 Å². The standard InChI is InChI=1S/C21H12NO.C11H20O2.Ir/c1-2-6-14(7-3-1)21-19-12-17-10-15-8-4-5-9-16(15)11-18(17)13-20(19)23-22-21;1-10(2,3)8(12)7-9(13)11(4,5)6;/h1-6,8-13H;7,12H,1-6H3;/q-1;;/b;8-7-;. The van der Waals surface area contributed by atoms with Crippen LogP contribution >= 0.6 is 0 Å². The molecule has 0 fully saturated rings. The van der Waals surface area contributed by atoms with Gasteiger partial charge in [-0.2, -0.15) is 0 Å². The fourth-order valence-corrected chi connectivity index (χ4v) is 3.67. The minimum atomic E-state index is -0.417. The first-order chi connectivity index (χ1) is 16.9. The largest absolute Gasteiger partial charge is 0.512 e. The van der Waals surface area contributed by atoms with Gasteiger partial charge in [-0.1, -0.05) is 71.9 Å². The van der Waals surface area contributed by atoms with Crippen LogP contribution in [0.4, 0.5) is 0 Å². The summed E-state index contributed by atoms with van der Waals surface area (Å²) in [5.74, 6) is 0.104. The molecule has 0 spiro atoms. The number of fused-ring (bicyclic) bond motifs is 3. The number of aromatic nitrogens is 1. The van der Waals surface area contributed by atoms with Crippen LogP contribution in [0, 0.1) is 16.9 Å². The maximum absolute atomic E-state index is 11.5. The number of aliphatic hydroxyl groups is 1. The second kappa shape index (κ2) is 11.0. The SMILES string of the molecule is CC(C)(C)C(=O)/C=C(\O)C(C)(C)C.[Ir].[c-]1ccccc1-c1noc2cc3cc4ccccc4cc3cc12. The third-order valence-electron chi connectivity index (χ3n) is 6.03. The number of hydrogen-bond acceptors (Lipinski definition) is 4. The van der Waals surface area contributed by atoms with E-state index in [9.17, 15) is 9.90 Å². The van der Waals surface area contributed by atoms with Crippen molar-refractivity contribution in [1.82, 2.24) is 5.16 Å². The molecule has 37 heavy (non-hydrogen) atoms. The predicted molar refractivity (Wildman–Crippen MR) is 148 cm³/mol. The monoisotopic (exact) mass is 671 g/mol. The minimum absolute atomic E-state index is 0. The molecule has 1 N–H and O–H groups in total. The third kappa shape index (κ3) is 6.54. The normalized spacial score (nSPS) is 12.2. The maximum atomic E-state index is 11.5. The van der Waals surface area contributed by atoms with Crippen LogP contribution < -0.4 is 0 Å². The van der Waals surface area contributed by atoms with Crippen molar-refractivity contribution in [3.8, 4) is 11.3 Å². The van der Waals surface area contributed by atoms with Gasteiger partial charge in [0.25, 0.3) is 0 Å². The number of rotatable bonds is 2. The molecule has 0 atom stereocenters. The molecule has 193 valence electrons. The Morgan fingerprint density at radius 3 is 1.97 bits per heavy atom. The Kier molecular flexibility index (Phi) is 8.41. The Labute approximate surface area is 231 Å². The van der Waals surface area contributed by atoms with E-state index < -0.39 is 5.41 Å². The molecule has 0 aliphatic heterocycles. The molecule has 0 amide bonds. The number of carbonyl (C=O) groups is 1. The van der Waals surface area contributed by atoms with Gasteiger partial charge in [-0.05, 0) is 39.7 Å². The van der Waals surface area contributed by atoms with Crippen molar-refractivity contribution < 1.29 is 34.5 Å². The average Bonchev–Trinajstić information content (AvgIpc) is 3.23. The molecule has 0 aliphatic carbocycles. The van der Waals surface area contributed by atoms with E-state index >= 15 is 0 Å². The first-order valence-electron chi connectivity index (χ1n) is 12.1. The molecule has 1 heterocycles. The fraction of sp³-hybridized carbons (Fsp3) is 0.250. The Hall–Kier alpha value is -3.27. The van der Waals surface area contributed by atoms with Crippen molar-refractivity contribution in [1.29, 1.82) is 0 Å². The summed E-state index contributed by atoms with van der Waals surface area (Å²) < 4.78 is 5.55. The first kappa shape index (κ1) is 28.3. The first-order valence-corrected chi connectivity index (χ1v) is 12.1. The molecule has 5 aromatic rings. The van der Waals surface area contributed by atoms with Crippen LogP contribution in [-0.4, -0.2) is 16.0 Å². The van der Waals surface area contributed by atoms with Crippen molar-refractivity contribution >= 4 is 38.3 Å². The summed E-state index contributed by atoms with van der Waals surface area (Å²) in [6, 6.07) is 28.1. The quantitative estimate of drug-likeness (QED) is 0.0884. The predicted octanol–water partition coefficient (Wildman–Crippen LogP) is 8.69. The van der Waals surface area contributed by atoms with Crippen molar-refractivity contribution in [3.05, 3.63) is 90.7 Å². The number of nitrogens with zero attached hydrogens (tertiary/aromatic N) is 1. The summed E-state index contributed by atoms with van der Waals surface area (Å²) in [7, 11) is 0. The van der Waals surface area contributed by atoms with Gasteiger partial charge in [0, 0.05) is 48.1 Å². The zero-order chi connectivity index (χ0) is 26.1. The molecule has 5 rings (SSSR count). The van der Waals surface area contributed by atoms with E-state index in [-0.39, 0.29) is 37.1 Å². The van der Waals surface area contributed by atoms with E-state index in [1.54, 1.807) is 0 Å². The number of ketones is 1. The maximum Gasteiger partial charge on any atom is 0.164 e. The number of allylic oxidation sites excluding steroid dienone is 2. The molecular formula is C32H32IrNO3-. The zero-order valence-electron chi connectivity index (χ0n) is 22.0. The molecule has 0 saturated heterocycles. The van der Waals surface area contributed by atoms with E-state index in [1.807, 2.05) is 65.8 Å². The van der Waals surface area contributed by atoms with Gasteiger partial charge in [-0.15, -0.1) is 41.1 Å².